The van der Waals surface area contributed by atoms with Gasteiger partial charge < -0.3 is 10.6 Å². The number of rotatable bonds is 4. The normalized spacial score (nSPS) is 11.3. The molecule has 0 aliphatic carbocycles. The van der Waals surface area contributed by atoms with E-state index in [-0.39, 0.29) is 4.90 Å². The summed E-state index contributed by atoms with van der Waals surface area (Å²) in [5.41, 5.74) is 1.42. The van der Waals surface area contributed by atoms with E-state index in [0.29, 0.717) is 10.8 Å². The predicted octanol–water partition coefficient (Wildman–Crippen LogP) is 3.51. The molecular weight excluding hydrogens is 398 g/mol. The van der Waals surface area contributed by atoms with E-state index in [0.717, 1.165) is 10.2 Å². The molecule has 0 bridgehead atoms. The van der Waals surface area contributed by atoms with Crippen LogP contribution in [0.1, 0.15) is 0 Å². The molecule has 23 heavy (non-hydrogen) atoms. The highest BCUT2D eigenvalue weighted by molar-refractivity contribution is 9.10. The van der Waals surface area contributed by atoms with Crippen LogP contribution >= 0.6 is 28.1 Å². The molecule has 0 saturated carbocycles. The molecule has 0 aliphatic heterocycles. The van der Waals surface area contributed by atoms with Gasteiger partial charge in [-0.1, -0.05) is 18.2 Å². The fourth-order valence-corrected chi connectivity index (χ4v) is 3.35. The molecule has 0 radical (unpaired) electrons. The Hall–Kier alpha value is -1.48. The molecule has 2 rings (SSSR count). The standard InChI is InChI=1S/C15H16BrN3O2S2/c1-19(2)23(20,21)12-7-5-6-11(10-12)17-15(22)18-14-9-4-3-8-13(14)16/h3-10H,1-2H3,(H2,17,18,22). The number of anilines is 2. The van der Waals surface area contributed by atoms with Gasteiger partial charge in [-0.25, -0.2) is 12.7 Å². The third-order valence-electron chi connectivity index (χ3n) is 2.99. The first-order valence-electron chi connectivity index (χ1n) is 6.66. The smallest absolute Gasteiger partial charge is 0.242 e. The first kappa shape index (κ1) is 17.9. The molecule has 2 N–H and O–H groups in total. The second kappa shape index (κ2) is 7.39. The quantitative estimate of drug-likeness (QED) is 0.750. The zero-order valence-corrected chi connectivity index (χ0v) is 15.8. The van der Waals surface area contributed by atoms with Gasteiger partial charge in [0, 0.05) is 24.3 Å². The number of para-hydroxylation sites is 1. The van der Waals surface area contributed by atoms with Crippen LogP contribution in [0.3, 0.4) is 0 Å². The van der Waals surface area contributed by atoms with Crippen LogP contribution in [-0.2, 0) is 10.0 Å². The Labute approximate surface area is 149 Å². The Bertz CT molecular complexity index is 823. The molecule has 2 aromatic rings. The van der Waals surface area contributed by atoms with Gasteiger partial charge in [-0.05, 0) is 58.5 Å². The Morgan fingerprint density at radius 3 is 2.43 bits per heavy atom. The van der Waals surface area contributed by atoms with Gasteiger partial charge >= 0.3 is 0 Å². The average molecular weight is 414 g/mol. The van der Waals surface area contributed by atoms with Crippen LogP contribution in [-0.4, -0.2) is 31.9 Å². The molecule has 5 nitrogen and oxygen atoms in total. The summed E-state index contributed by atoms with van der Waals surface area (Å²) in [4.78, 5) is 0.205. The Kier molecular flexibility index (Phi) is 5.74. The second-order valence-electron chi connectivity index (χ2n) is 4.87. The number of halogens is 1. The van der Waals surface area contributed by atoms with Gasteiger partial charge in [-0.15, -0.1) is 0 Å². The molecule has 8 heteroatoms. The van der Waals surface area contributed by atoms with E-state index in [2.05, 4.69) is 26.6 Å². The lowest BCUT2D eigenvalue weighted by Gasteiger charge is -2.14. The summed E-state index contributed by atoms with van der Waals surface area (Å²) < 4.78 is 26.4. The predicted molar refractivity (Wildman–Crippen MR) is 101 cm³/mol. The van der Waals surface area contributed by atoms with Crippen LogP contribution in [0.25, 0.3) is 0 Å². The lowest BCUT2D eigenvalue weighted by Crippen LogP contribution is -2.23. The van der Waals surface area contributed by atoms with E-state index in [1.165, 1.54) is 18.4 Å². The summed E-state index contributed by atoms with van der Waals surface area (Å²) in [5, 5.41) is 6.41. The van der Waals surface area contributed by atoms with Crippen LogP contribution in [0.2, 0.25) is 0 Å². The molecule has 0 atom stereocenters. The highest BCUT2D eigenvalue weighted by Crippen LogP contribution is 2.22. The van der Waals surface area contributed by atoms with Gasteiger partial charge in [-0.2, -0.15) is 0 Å². The first-order valence-corrected chi connectivity index (χ1v) is 9.30. The van der Waals surface area contributed by atoms with Gasteiger partial charge in [0.25, 0.3) is 0 Å². The largest absolute Gasteiger partial charge is 0.332 e. The third kappa shape index (κ3) is 4.51. The summed E-state index contributed by atoms with van der Waals surface area (Å²) in [6.45, 7) is 0. The zero-order chi connectivity index (χ0) is 17.0. The Morgan fingerprint density at radius 1 is 1.09 bits per heavy atom. The van der Waals surface area contributed by atoms with Gasteiger partial charge in [0.1, 0.15) is 0 Å². The Morgan fingerprint density at radius 2 is 1.78 bits per heavy atom. The maximum absolute atomic E-state index is 12.1. The summed E-state index contributed by atoms with van der Waals surface area (Å²) >= 11 is 8.69. The minimum Gasteiger partial charge on any atom is -0.332 e. The highest BCUT2D eigenvalue weighted by atomic mass is 79.9. The van der Waals surface area contributed by atoms with Crippen LogP contribution in [0.5, 0.6) is 0 Å². The van der Waals surface area contributed by atoms with Crippen molar-refractivity contribution in [1.82, 2.24) is 4.31 Å². The van der Waals surface area contributed by atoms with Crippen molar-refractivity contribution in [3.63, 3.8) is 0 Å². The summed E-state index contributed by atoms with van der Waals surface area (Å²) in [5.74, 6) is 0. The lowest BCUT2D eigenvalue weighted by atomic mass is 10.3. The number of sulfonamides is 1. The second-order valence-corrected chi connectivity index (χ2v) is 8.29. The molecule has 2 aromatic carbocycles. The lowest BCUT2D eigenvalue weighted by molar-refractivity contribution is 0.521. The van der Waals surface area contributed by atoms with E-state index in [9.17, 15) is 8.42 Å². The van der Waals surface area contributed by atoms with E-state index >= 15 is 0 Å². The molecular formula is C15H16BrN3O2S2. The maximum atomic E-state index is 12.1. The fourth-order valence-electron chi connectivity index (χ4n) is 1.79. The van der Waals surface area contributed by atoms with E-state index in [1.807, 2.05) is 24.3 Å². The number of hydrogen-bond donors (Lipinski definition) is 2. The van der Waals surface area contributed by atoms with Crippen molar-refractivity contribution >= 4 is 54.7 Å². The molecule has 0 unspecified atom stereocenters. The number of nitrogens with zero attached hydrogens (tertiary/aromatic N) is 1. The van der Waals surface area contributed by atoms with Crippen LogP contribution in [0.4, 0.5) is 11.4 Å². The molecule has 0 spiro atoms. The topological polar surface area (TPSA) is 61.4 Å². The SMILES string of the molecule is CN(C)S(=O)(=O)c1cccc(NC(=S)Nc2ccccc2Br)c1. The molecule has 122 valence electrons. The van der Waals surface area contributed by atoms with Gasteiger partial charge in [0.05, 0.1) is 10.6 Å². The van der Waals surface area contributed by atoms with Crippen molar-refractivity contribution in [1.29, 1.82) is 0 Å². The molecule has 0 saturated heterocycles. The summed E-state index contributed by atoms with van der Waals surface area (Å²) in [6.07, 6.45) is 0. The van der Waals surface area contributed by atoms with Crippen molar-refractivity contribution in [3.8, 4) is 0 Å². The zero-order valence-electron chi connectivity index (χ0n) is 12.6. The van der Waals surface area contributed by atoms with Crippen molar-refractivity contribution in [3.05, 3.63) is 53.0 Å². The van der Waals surface area contributed by atoms with Gasteiger partial charge in [0.15, 0.2) is 5.11 Å². The van der Waals surface area contributed by atoms with E-state index < -0.39 is 10.0 Å². The van der Waals surface area contributed by atoms with Gasteiger partial charge in [-0.3, -0.25) is 0 Å². The average Bonchev–Trinajstić information content (AvgIpc) is 2.49. The van der Waals surface area contributed by atoms with Crippen molar-refractivity contribution in [2.45, 2.75) is 4.90 Å². The van der Waals surface area contributed by atoms with Gasteiger partial charge in [0.2, 0.25) is 10.0 Å². The van der Waals surface area contributed by atoms with Crippen molar-refractivity contribution in [2.24, 2.45) is 0 Å². The monoisotopic (exact) mass is 413 g/mol. The van der Waals surface area contributed by atoms with E-state index in [4.69, 9.17) is 12.2 Å². The number of thiocarbonyl (C=S) groups is 1. The molecule has 0 heterocycles. The molecule has 0 fully saturated rings. The minimum absolute atomic E-state index is 0.205. The van der Waals surface area contributed by atoms with Crippen molar-refractivity contribution < 1.29 is 8.42 Å². The highest BCUT2D eigenvalue weighted by Gasteiger charge is 2.17. The summed E-state index contributed by atoms with van der Waals surface area (Å²) in [7, 11) is -0.489. The third-order valence-corrected chi connectivity index (χ3v) is 5.70. The number of hydrogen-bond acceptors (Lipinski definition) is 3. The van der Waals surface area contributed by atoms with Crippen LogP contribution in [0.15, 0.2) is 57.9 Å². The first-order chi connectivity index (χ1) is 10.8. The fraction of sp³-hybridized carbons (Fsp3) is 0.133. The van der Waals surface area contributed by atoms with Crippen molar-refractivity contribution in [2.75, 3.05) is 24.7 Å². The maximum Gasteiger partial charge on any atom is 0.242 e. The van der Waals surface area contributed by atoms with E-state index in [1.54, 1.807) is 24.3 Å². The number of nitrogens with one attached hydrogen (secondary N) is 2. The molecule has 0 aliphatic rings. The Balaban J connectivity index is 2.15. The molecule has 0 amide bonds. The van der Waals surface area contributed by atoms with Crippen LogP contribution < -0.4 is 10.6 Å². The minimum atomic E-state index is -3.48. The van der Waals surface area contributed by atoms with Crippen LogP contribution in [0, 0.1) is 0 Å². The summed E-state index contributed by atoms with van der Waals surface area (Å²) in [6, 6.07) is 14.1. The number of benzene rings is 2. The molecule has 0 aromatic heterocycles.